The fourth-order valence-electron chi connectivity index (χ4n) is 4.37. The van der Waals surface area contributed by atoms with Crippen LogP contribution >= 0.6 is 0 Å². The molecule has 2 aromatic rings. The minimum atomic E-state index is -0.481. The number of halogens is 1. The van der Waals surface area contributed by atoms with Crippen LogP contribution in [-0.2, 0) is 4.74 Å². The average molecular weight is 454 g/mol. The molecule has 0 aromatic heterocycles. The van der Waals surface area contributed by atoms with Crippen molar-refractivity contribution in [1.29, 1.82) is 0 Å². The van der Waals surface area contributed by atoms with Gasteiger partial charge in [0.05, 0.1) is 29.0 Å². The molecule has 2 unspecified atom stereocenters. The molecule has 7 nitrogen and oxygen atoms in total. The SMILES string of the molecule is CCCCN1C(=O)c2ccc(C(=O)Nc3ccc(N4CC(C)OC(C)C4)c(F)c3)cc2C1=O. The molecular formula is C25H28FN3O4. The summed E-state index contributed by atoms with van der Waals surface area (Å²) in [6.45, 7) is 7.42. The number of fused-ring (bicyclic) bond motifs is 1. The standard InChI is InChI=1S/C25H28FN3O4/c1-4-5-10-29-24(31)19-8-6-17(11-20(19)25(29)32)23(30)27-18-7-9-22(21(26)12-18)28-13-15(2)33-16(3)14-28/h6-9,11-12,15-16H,4-5,10,13-14H2,1-3H3,(H,27,30). The lowest BCUT2D eigenvalue weighted by Crippen LogP contribution is -2.45. The highest BCUT2D eigenvalue weighted by atomic mass is 19.1. The zero-order chi connectivity index (χ0) is 23.7. The fraction of sp³-hybridized carbons (Fsp3) is 0.400. The number of ether oxygens (including phenoxy) is 1. The molecule has 2 aliphatic heterocycles. The molecule has 0 spiro atoms. The van der Waals surface area contributed by atoms with E-state index in [9.17, 15) is 18.8 Å². The molecule has 2 aromatic carbocycles. The van der Waals surface area contributed by atoms with Gasteiger partial charge in [-0.25, -0.2) is 4.39 Å². The molecular weight excluding hydrogens is 425 g/mol. The van der Waals surface area contributed by atoms with Gasteiger partial charge < -0.3 is 15.0 Å². The van der Waals surface area contributed by atoms with Gasteiger partial charge >= 0.3 is 0 Å². The molecule has 0 bridgehead atoms. The van der Waals surface area contributed by atoms with Crippen molar-refractivity contribution in [2.24, 2.45) is 0 Å². The van der Waals surface area contributed by atoms with E-state index in [1.807, 2.05) is 25.7 Å². The van der Waals surface area contributed by atoms with Crippen molar-refractivity contribution < 1.29 is 23.5 Å². The van der Waals surface area contributed by atoms with E-state index >= 15 is 0 Å². The second-order valence-corrected chi connectivity index (χ2v) is 8.66. The predicted octanol–water partition coefficient (Wildman–Crippen LogP) is 4.09. The van der Waals surface area contributed by atoms with Crippen LogP contribution in [0.1, 0.15) is 64.7 Å². The molecule has 2 heterocycles. The van der Waals surface area contributed by atoms with Crippen molar-refractivity contribution in [2.45, 2.75) is 45.8 Å². The van der Waals surface area contributed by atoms with Crippen LogP contribution in [0.3, 0.4) is 0 Å². The van der Waals surface area contributed by atoms with E-state index in [1.165, 1.54) is 29.2 Å². The second kappa shape index (κ2) is 9.31. The summed E-state index contributed by atoms with van der Waals surface area (Å²) >= 11 is 0. The lowest BCUT2D eigenvalue weighted by Gasteiger charge is -2.37. The Morgan fingerprint density at radius 1 is 1.06 bits per heavy atom. The van der Waals surface area contributed by atoms with Crippen molar-refractivity contribution in [2.75, 3.05) is 29.9 Å². The van der Waals surface area contributed by atoms with Crippen LogP contribution in [0.2, 0.25) is 0 Å². The first kappa shape index (κ1) is 22.9. The van der Waals surface area contributed by atoms with Gasteiger partial charge in [0, 0.05) is 30.9 Å². The first-order valence-electron chi connectivity index (χ1n) is 11.3. The second-order valence-electron chi connectivity index (χ2n) is 8.66. The maximum Gasteiger partial charge on any atom is 0.261 e. The van der Waals surface area contributed by atoms with Crippen molar-refractivity contribution in [3.8, 4) is 0 Å². The summed E-state index contributed by atoms with van der Waals surface area (Å²) in [5, 5.41) is 2.68. The Kier molecular flexibility index (Phi) is 6.47. The number of carbonyl (C=O) groups excluding carboxylic acids is 3. The third-order valence-corrected chi connectivity index (χ3v) is 5.93. The van der Waals surface area contributed by atoms with E-state index in [0.717, 1.165) is 12.8 Å². The molecule has 4 rings (SSSR count). The van der Waals surface area contributed by atoms with Gasteiger partial charge in [-0.05, 0) is 56.7 Å². The van der Waals surface area contributed by atoms with Crippen LogP contribution in [0.5, 0.6) is 0 Å². The molecule has 174 valence electrons. The summed E-state index contributed by atoms with van der Waals surface area (Å²) in [6, 6.07) is 9.01. The number of unbranched alkanes of at least 4 members (excludes halogenated alkanes) is 1. The van der Waals surface area contributed by atoms with Gasteiger partial charge in [0.1, 0.15) is 5.82 Å². The summed E-state index contributed by atoms with van der Waals surface area (Å²) in [5.74, 6) is -1.64. The number of rotatable bonds is 6. The fourth-order valence-corrected chi connectivity index (χ4v) is 4.37. The third kappa shape index (κ3) is 4.61. The lowest BCUT2D eigenvalue weighted by molar-refractivity contribution is -0.00539. The minimum Gasteiger partial charge on any atom is -0.372 e. The quantitative estimate of drug-likeness (QED) is 0.667. The molecule has 0 radical (unpaired) electrons. The molecule has 0 saturated carbocycles. The van der Waals surface area contributed by atoms with Gasteiger partial charge in [-0.15, -0.1) is 0 Å². The number of amides is 3. The first-order chi connectivity index (χ1) is 15.8. The number of imide groups is 1. The van der Waals surface area contributed by atoms with Gasteiger partial charge in [0.25, 0.3) is 17.7 Å². The first-order valence-corrected chi connectivity index (χ1v) is 11.3. The molecule has 0 aliphatic carbocycles. The number of carbonyl (C=O) groups is 3. The Hall–Kier alpha value is -3.26. The van der Waals surface area contributed by atoms with E-state index in [0.29, 0.717) is 36.6 Å². The van der Waals surface area contributed by atoms with Crippen molar-refractivity contribution in [3.63, 3.8) is 0 Å². The van der Waals surface area contributed by atoms with Crippen LogP contribution in [0.25, 0.3) is 0 Å². The van der Waals surface area contributed by atoms with E-state index in [-0.39, 0.29) is 35.1 Å². The predicted molar refractivity (Wildman–Crippen MR) is 123 cm³/mol. The van der Waals surface area contributed by atoms with Crippen LogP contribution in [-0.4, -0.2) is 54.5 Å². The minimum absolute atomic E-state index is 0.000160. The number of nitrogens with one attached hydrogen (secondary N) is 1. The third-order valence-electron chi connectivity index (χ3n) is 5.93. The summed E-state index contributed by atoms with van der Waals surface area (Å²) < 4.78 is 20.5. The molecule has 3 amide bonds. The smallest absolute Gasteiger partial charge is 0.261 e. The summed E-state index contributed by atoms with van der Waals surface area (Å²) in [7, 11) is 0. The zero-order valence-corrected chi connectivity index (χ0v) is 19.1. The highest BCUT2D eigenvalue weighted by Crippen LogP contribution is 2.28. The molecule has 1 N–H and O–H groups in total. The molecule has 33 heavy (non-hydrogen) atoms. The van der Waals surface area contributed by atoms with E-state index in [4.69, 9.17) is 4.74 Å². The van der Waals surface area contributed by atoms with Gasteiger partial charge in [0.2, 0.25) is 0 Å². The molecule has 2 atom stereocenters. The average Bonchev–Trinajstić information content (AvgIpc) is 3.01. The van der Waals surface area contributed by atoms with Gasteiger partial charge in [0.15, 0.2) is 0 Å². The van der Waals surface area contributed by atoms with Crippen molar-refractivity contribution in [3.05, 3.63) is 58.9 Å². The van der Waals surface area contributed by atoms with E-state index in [1.54, 1.807) is 12.1 Å². The van der Waals surface area contributed by atoms with Crippen molar-refractivity contribution >= 4 is 29.1 Å². The van der Waals surface area contributed by atoms with Gasteiger partial charge in [-0.3, -0.25) is 19.3 Å². The molecule has 8 heteroatoms. The molecule has 1 saturated heterocycles. The van der Waals surface area contributed by atoms with Gasteiger partial charge in [-0.1, -0.05) is 13.3 Å². The molecule has 2 aliphatic rings. The summed E-state index contributed by atoms with van der Waals surface area (Å²) in [5.41, 5.74) is 1.53. The highest BCUT2D eigenvalue weighted by Gasteiger charge is 2.35. The number of morpholine rings is 1. The summed E-state index contributed by atoms with van der Waals surface area (Å²) in [6.07, 6.45) is 1.59. The Bertz CT molecular complexity index is 1090. The Morgan fingerprint density at radius 2 is 1.76 bits per heavy atom. The Labute approximate surface area is 192 Å². The van der Waals surface area contributed by atoms with Crippen LogP contribution < -0.4 is 10.2 Å². The monoisotopic (exact) mass is 453 g/mol. The number of nitrogens with zero attached hydrogens (tertiary/aromatic N) is 2. The topological polar surface area (TPSA) is 79.0 Å². The van der Waals surface area contributed by atoms with Crippen LogP contribution in [0.15, 0.2) is 36.4 Å². The maximum atomic E-state index is 14.8. The van der Waals surface area contributed by atoms with Crippen LogP contribution in [0, 0.1) is 5.82 Å². The Morgan fingerprint density at radius 3 is 2.42 bits per heavy atom. The highest BCUT2D eigenvalue weighted by molar-refractivity contribution is 6.22. The Balaban J connectivity index is 1.48. The van der Waals surface area contributed by atoms with Crippen molar-refractivity contribution in [1.82, 2.24) is 4.90 Å². The number of hydrogen-bond acceptors (Lipinski definition) is 5. The van der Waals surface area contributed by atoms with E-state index < -0.39 is 11.7 Å². The van der Waals surface area contributed by atoms with E-state index in [2.05, 4.69) is 5.32 Å². The lowest BCUT2D eigenvalue weighted by atomic mass is 10.1. The largest absolute Gasteiger partial charge is 0.372 e. The maximum absolute atomic E-state index is 14.8. The van der Waals surface area contributed by atoms with Crippen LogP contribution in [0.4, 0.5) is 15.8 Å². The van der Waals surface area contributed by atoms with Gasteiger partial charge in [-0.2, -0.15) is 0 Å². The number of benzene rings is 2. The number of anilines is 2. The normalized spacial score (nSPS) is 20.2. The molecule has 1 fully saturated rings. The number of hydrogen-bond donors (Lipinski definition) is 1. The zero-order valence-electron chi connectivity index (χ0n) is 19.1. The summed E-state index contributed by atoms with van der Waals surface area (Å²) in [4.78, 5) is 41.0.